The van der Waals surface area contributed by atoms with Crippen LogP contribution in [0.5, 0.6) is 0 Å². The van der Waals surface area contributed by atoms with Crippen LogP contribution in [0.1, 0.15) is 19.7 Å². The average Bonchev–Trinajstić information content (AvgIpc) is 2.65. The molecule has 0 bridgehead atoms. The number of nitrogens with zero attached hydrogens (tertiary/aromatic N) is 2. The maximum atomic E-state index is 11.7. The Bertz CT molecular complexity index is 581. The minimum atomic E-state index is 0.0509. The van der Waals surface area contributed by atoms with Crippen LogP contribution in [0.4, 0.5) is 0 Å². The summed E-state index contributed by atoms with van der Waals surface area (Å²) in [5.41, 5.74) is 2.61. The molecule has 0 spiro atoms. The highest BCUT2D eigenvalue weighted by atomic mass is 16.1. The van der Waals surface area contributed by atoms with Crippen LogP contribution in [0, 0.1) is 0 Å². The third kappa shape index (κ3) is 2.13. The first kappa shape index (κ1) is 11.6. The lowest BCUT2D eigenvalue weighted by Gasteiger charge is -2.05. The molecule has 1 aromatic carbocycles. The summed E-state index contributed by atoms with van der Waals surface area (Å²) in [5, 5.41) is 0. The van der Waals surface area contributed by atoms with Gasteiger partial charge < -0.3 is 4.57 Å². The van der Waals surface area contributed by atoms with Crippen molar-refractivity contribution in [2.24, 2.45) is 0 Å². The quantitative estimate of drug-likeness (QED) is 0.754. The number of carbonyl (C=O) groups excluding carboxylic acids is 1. The molecule has 2 aromatic rings. The fraction of sp³-hybridized carbons (Fsp3) is 0.286. The maximum absolute atomic E-state index is 11.7. The Morgan fingerprint density at radius 2 is 2.12 bits per heavy atom. The minimum Gasteiger partial charge on any atom is -0.328 e. The summed E-state index contributed by atoms with van der Waals surface area (Å²) in [5.74, 6) is 0.872. The number of benzene rings is 1. The lowest BCUT2D eigenvalue weighted by molar-refractivity contribution is -0.115. The number of carbonyl (C=O) groups is 1. The van der Waals surface area contributed by atoms with Crippen molar-refractivity contribution in [3.8, 4) is 0 Å². The normalized spacial score (nSPS) is 10.7. The molecule has 0 unspecified atom stereocenters. The number of fused-ring (bicyclic) bond motifs is 1. The first-order chi connectivity index (χ1) is 8.13. The van der Waals surface area contributed by atoms with Gasteiger partial charge in [0.1, 0.15) is 5.82 Å². The van der Waals surface area contributed by atoms with E-state index in [1.807, 2.05) is 24.3 Å². The highest BCUT2D eigenvalue weighted by Crippen LogP contribution is 2.16. The zero-order chi connectivity index (χ0) is 12.4. The third-order valence-corrected chi connectivity index (χ3v) is 2.84. The van der Waals surface area contributed by atoms with Crippen LogP contribution in [0.3, 0.4) is 0 Å². The van der Waals surface area contributed by atoms with Gasteiger partial charge in [-0.15, -0.1) is 0 Å². The van der Waals surface area contributed by atoms with E-state index in [1.165, 1.54) is 0 Å². The first-order valence-electron chi connectivity index (χ1n) is 5.76. The molecular weight excluding hydrogens is 212 g/mol. The number of allylic oxidation sites excluding steroid dienone is 1. The number of aromatic nitrogens is 2. The van der Waals surface area contributed by atoms with E-state index in [-0.39, 0.29) is 5.78 Å². The molecular formula is C14H16N2O. The first-order valence-corrected chi connectivity index (χ1v) is 5.76. The molecule has 0 radical (unpaired) electrons. The maximum Gasteiger partial charge on any atom is 0.165 e. The summed E-state index contributed by atoms with van der Waals surface area (Å²) in [6.45, 7) is 8.29. The van der Waals surface area contributed by atoms with E-state index in [0.717, 1.165) is 23.4 Å². The van der Waals surface area contributed by atoms with Gasteiger partial charge in [-0.3, -0.25) is 4.79 Å². The van der Waals surface area contributed by atoms with Crippen LogP contribution >= 0.6 is 0 Å². The number of rotatable bonds is 4. The van der Waals surface area contributed by atoms with Crippen molar-refractivity contribution < 1.29 is 4.79 Å². The highest BCUT2D eigenvalue weighted by Gasteiger charge is 2.12. The smallest absolute Gasteiger partial charge is 0.165 e. The van der Waals surface area contributed by atoms with Crippen molar-refractivity contribution in [1.82, 2.24) is 9.55 Å². The van der Waals surface area contributed by atoms with Gasteiger partial charge in [-0.1, -0.05) is 18.7 Å². The van der Waals surface area contributed by atoms with E-state index in [9.17, 15) is 4.79 Å². The van der Waals surface area contributed by atoms with Gasteiger partial charge in [0.15, 0.2) is 5.78 Å². The highest BCUT2D eigenvalue weighted by molar-refractivity contribution is 5.95. The number of ketones is 1. The summed E-state index contributed by atoms with van der Waals surface area (Å²) in [6, 6.07) is 7.94. The Balaban J connectivity index is 2.46. The van der Waals surface area contributed by atoms with Crippen molar-refractivity contribution in [2.45, 2.75) is 26.8 Å². The van der Waals surface area contributed by atoms with Gasteiger partial charge in [0.25, 0.3) is 0 Å². The lowest BCUT2D eigenvalue weighted by atomic mass is 10.1. The Hall–Kier alpha value is -1.90. The molecule has 3 nitrogen and oxygen atoms in total. The molecule has 0 amide bonds. The van der Waals surface area contributed by atoms with Gasteiger partial charge in [0, 0.05) is 6.54 Å². The predicted molar refractivity (Wildman–Crippen MR) is 68.9 cm³/mol. The number of imidazole rings is 1. The van der Waals surface area contributed by atoms with Crippen LogP contribution in [-0.4, -0.2) is 15.3 Å². The second-order valence-electron chi connectivity index (χ2n) is 4.14. The van der Waals surface area contributed by atoms with Crippen molar-refractivity contribution in [3.05, 3.63) is 42.2 Å². The fourth-order valence-electron chi connectivity index (χ4n) is 1.91. The molecule has 0 aliphatic carbocycles. The summed E-state index contributed by atoms with van der Waals surface area (Å²) in [7, 11) is 0. The largest absolute Gasteiger partial charge is 0.328 e. The van der Waals surface area contributed by atoms with Crippen LogP contribution in [0.15, 0.2) is 36.4 Å². The van der Waals surface area contributed by atoms with Gasteiger partial charge in [-0.25, -0.2) is 4.98 Å². The molecule has 2 rings (SSSR count). The molecule has 17 heavy (non-hydrogen) atoms. The monoisotopic (exact) mass is 228 g/mol. The molecule has 0 aliphatic heterocycles. The van der Waals surface area contributed by atoms with Gasteiger partial charge in [-0.2, -0.15) is 0 Å². The molecule has 0 saturated carbocycles. The van der Waals surface area contributed by atoms with E-state index in [2.05, 4.69) is 23.1 Å². The molecule has 0 aliphatic rings. The van der Waals surface area contributed by atoms with Crippen LogP contribution in [0.2, 0.25) is 0 Å². The molecule has 0 N–H and O–H groups in total. The topological polar surface area (TPSA) is 34.9 Å². The predicted octanol–water partition coefficient (Wildman–Crippen LogP) is 2.74. The molecule has 0 saturated heterocycles. The van der Waals surface area contributed by atoms with E-state index in [1.54, 1.807) is 6.92 Å². The lowest BCUT2D eigenvalue weighted by Crippen LogP contribution is -2.09. The molecule has 1 aromatic heterocycles. The SMILES string of the molecule is C=C(C)C(=O)Cc1nc2ccccc2n1CC. The zero-order valence-electron chi connectivity index (χ0n) is 10.2. The Kier molecular flexibility index (Phi) is 3.09. The molecule has 0 atom stereocenters. The molecule has 88 valence electrons. The van der Waals surface area contributed by atoms with Gasteiger partial charge in [-0.05, 0) is 31.6 Å². The number of aryl methyl sites for hydroxylation is 1. The van der Waals surface area contributed by atoms with Crippen LogP contribution < -0.4 is 0 Å². The molecule has 1 heterocycles. The third-order valence-electron chi connectivity index (χ3n) is 2.84. The van der Waals surface area contributed by atoms with Gasteiger partial charge in [0.2, 0.25) is 0 Å². The zero-order valence-corrected chi connectivity index (χ0v) is 10.2. The van der Waals surface area contributed by atoms with Crippen LogP contribution in [-0.2, 0) is 17.8 Å². The Morgan fingerprint density at radius 1 is 1.41 bits per heavy atom. The number of hydrogen-bond acceptors (Lipinski definition) is 2. The van der Waals surface area contributed by atoms with Crippen molar-refractivity contribution >= 4 is 16.8 Å². The summed E-state index contributed by atoms with van der Waals surface area (Å²) < 4.78 is 2.08. The van der Waals surface area contributed by atoms with Crippen molar-refractivity contribution in [2.75, 3.05) is 0 Å². The fourth-order valence-corrected chi connectivity index (χ4v) is 1.91. The Labute approximate surface area is 101 Å². The number of para-hydroxylation sites is 2. The standard InChI is InChI=1S/C14H16N2O/c1-4-16-12-8-6-5-7-11(12)15-14(16)9-13(17)10(2)3/h5-8H,2,4,9H2,1,3H3. The van der Waals surface area contributed by atoms with E-state index < -0.39 is 0 Å². The average molecular weight is 228 g/mol. The van der Waals surface area contributed by atoms with Crippen LogP contribution in [0.25, 0.3) is 11.0 Å². The number of Topliss-reactive ketones (excluding diaryl/α,β-unsaturated/α-hetero) is 1. The molecule has 3 heteroatoms. The molecule has 0 fully saturated rings. The van der Waals surface area contributed by atoms with Crippen molar-refractivity contribution in [3.63, 3.8) is 0 Å². The van der Waals surface area contributed by atoms with Crippen molar-refractivity contribution in [1.29, 1.82) is 0 Å². The number of hydrogen-bond donors (Lipinski definition) is 0. The summed E-state index contributed by atoms with van der Waals surface area (Å²) >= 11 is 0. The van der Waals surface area contributed by atoms with Gasteiger partial charge in [0.05, 0.1) is 17.5 Å². The Morgan fingerprint density at radius 3 is 2.76 bits per heavy atom. The second-order valence-corrected chi connectivity index (χ2v) is 4.14. The second kappa shape index (κ2) is 4.53. The summed E-state index contributed by atoms with van der Waals surface area (Å²) in [6.07, 6.45) is 0.331. The van der Waals surface area contributed by atoms with E-state index >= 15 is 0 Å². The summed E-state index contributed by atoms with van der Waals surface area (Å²) in [4.78, 5) is 16.2. The van der Waals surface area contributed by atoms with Gasteiger partial charge >= 0.3 is 0 Å². The minimum absolute atomic E-state index is 0.0509. The van der Waals surface area contributed by atoms with E-state index in [4.69, 9.17) is 0 Å². The van der Waals surface area contributed by atoms with E-state index in [0.29, 0.717) is 12.0 Å².